The molecular weight excluding hydrogens is 315 g/mol. The van der Waals surface area contributed by atoms with Gasteiger partial charge >= 0.3 is 12.1 Å². The molecule has 0 fully saturated rings. The van der Waals surface area contributed by atoms with E-state index in [4.69, 9.17) is 4.74 Å². The normalized spacial score (nSPS) is 11.3. The predicted molar refractivity (Wildman–Crippen MR) is 76.5 cm³/mol. The number of nitrogens with zero attached hydrogens (tertiary/aromatic N) is 1. The van der Waals surface area contributed by atoms with Crippen molar-refractivity contribution in [1.29, 1.82) is 0 Å². The fourth-order valence-electron chi connectivity index (χ4n) is 1.63. The van der Waals surface area contributed by atoms with Crippen LogP contribution in [0.5, 0.6) is 0 Å². The number of carbonyl (C=O) groups is 2. The van der Waals surface area contributed by atoms with Gasteiger partial charge in [0.25, 0.3) is 0 Å². The summed E-state index contributed by atoms with van der Waals surface area (Å²) >= 11 is 0. The van der Waals surface area contributed by atoms with Crippen LogP contribution in [0.4, 0.5) is 19.0 Å². The van der Waals surface area contributed by atoms with Crippen LogP contribution in [0.15, 0.2) is 6.07 Å². The number of halogens is 3. The molecule has 0 aliphatic rings. The van der Waals surface area contributed by atoms with E-state index in [0.29, 0.717) is 0 Å². The molecule has 0 radical (unpaired) electrons. The van der Waals surface area contributed by atoms with E-state index in [2.05, 4.69) is 15.8 Å². The van der Waals surface area contributed by atoms with Gasteiger partial charge in [0.2, 0.25) is 5.91 Å². The number of amides is 1. The van der Waals surface area contributed by atoms with Crippen molar-refractivity contribution in [1.82, 2.24) is 10.4 Å². The number of anilines is 1. The molecule has 0 bridgehead atoms. The molecule has 0 aromatic carbocycles. The highest BCUT2D eigenvalue weighted by molar-refractivity contribution is 5.96. The van der Waals surface area contributed by atoms with Crippen LogP contribution in [0.1, 0.15) is 42.4 Å². The van der Waals surface area contributed by atoms with Crippen LogP contribution in [-0.2, 0) is 15.7 Å². The number of nitrogens with one attached hydrogen (secondary N) is 2. The molecular formula is C14H18F3N3O3. The summed E-state index contributed by atoms with van der Waals surface area (Å²) in [5.41, 5.74) is 3.19. The Morgan fingerprint density at radius 2 is 1.96 bits per heavy atom. The predicted octanol–water partition coefficient (Wildman–Crippen LogP) is 2.68. The molecule has 1 aromatic heterocycles. The highest BCUT2D eigenvalue weighted by atomic mass is 19.4. The first-order chi connectivity index (χ1) is 10.6. The zero-order valence-electron chi connectivity index (χ0n) is 13.2. The van der Waals surface area contributed by atoms with E-state index in [9.17, 15) is 22.8 Å². The lowest BCUT2D eigenvalue weighted by atomic mass is 10.1. The van der Waals surface area contributed by atoms with Crippen molar-refractivity contribution in [3.63, 3.8) is 0 Å². The Morgan fingerprint density at radius 3 is 2.43 bits per heavy atom. The number of hydrogen-bond donors (Lipinski definition) is 2. The van der Waals surface area contributed by atoms with Gasteiger partial charge in [-0.3, -0.25) is 15.6 Å². The van der Waals surface area contributed by atoms with Crippen molar-refractivity contribution in [3.05, 3.63) is 22.9 Å². The second kappa shape index (κ2) is 7.30. The zero-order chi connectivity index (χ0) is 17.8. The Hall–Kier alpha value is -2.32. The van der Waals surface area contributed by atoms with Crippen LogP contribution >= 0.6 is 0 Å². The standard InChI is InChI=1S/C14H18F3N3O3/c1-5-23-13(22)10-8(4)6-9(14(15,16)17)18-11(10)19-20-12(21)7(2)3/h6-7H,5H2,1-4H3,(H,18,19)(H,20,21). The Kier molecular flexibility index (Phi) is 5.94. The molecule has 0 unspecified atom stereocenters. The van der Waals surface area contributed by atoms with E-state index >= 15 is 0 Å². The highest BCUT2D eigenvalue weighted by Gasteiger charge is 2.35. The number of hydrazine groups is 1. The van der Waals surface area contributed by atoms with Gasteiger partial charge in [0, 0.05) is 5.92 Å². The maximum atomic E-state index is 12.9. The van der Waals surface area contributed by atoms with Crippen LogP contribution < -0.4 is 10.9 Å². The molecule has 1 aromatic rings. The lowest BCUT2D eigenvalue weighted by Crippen LogP contribution is -2.34. The van der Waals surface area contributed by atoms with Gasteiger partial charge in [0.15, 0.2) is 5.82 Å². The molecule has 1 rings (SSSR count). The van der Waals surface area contributed by atoms with Crippen LogP contribution in [0.3, 0.4) is 0 Å². The van der Waals surface area contributed by atoms with Crippen molar-refractivity contribution >= 4 is 17.7 Å². The number of pyridine rings is 1. The molecule has 0 saturated heterocycles. The number of esters is 1. The number of rotatable bonds is 5. The van der Waals surface area contributed by atoms with E-state index in [1.165, 1.54) is 6.92 Å². The number of aryl methyl sites for hydroxylation is 1. The molecule has 0 aliphatic heterocycles. The molecule has 9 heteroatoms. The van der Waals surface area contributed by atoms with Gasteiger partial charge < -0.3 is 4.74 Å². The van der Waals surface area contributed by atoms with E-state index in [1.807, 2.05) is 0 Å². The SMILES string of the molecule is CCOC(=O)c1c(C)cc(C(F)(F)F)nc1NNC(=O)C(C)C. The zero-order valence-corrected chi connectivity index (χ0v) is 13.2. The number of aromatic nitrogens is 1. The second-order valence-corrected chi connectivity index (χ2v) is 5.04. The Bertz CT molecular complexity index is 601. The summed E-state index contributed by atoms with van der Waals surface area (Å²) in [7, 11) is 0. The molecule has 0 atom stereocenters. The van der Waals surface area contributed by atoms with Crippen LogP contribution in [-0.4, -0.2) is 23.5 Å². The quantitative estimate of drug-likeness (QED) is 0.640. The average molecular weight is 333 g/mol. The number of ether oxygens (including phenoxy) is 1. The summed E-state index contributed by atoms with van der Waals surface area (Å²) in [4.78, 5) is 26.9. The first-order valence-electron chi connectivity index (χ1n) is 6.89. The molecule has 6 nitrogen and oxygen atoms in total. The first-order valence-corrected chi connectivity index (χ1v) is 6.89. The van der Waals surface area contributed by atoms with Crippen molar-refractivity contribution in [2.75, 3.05) is 12.0 Å². The average Bonchev–Trinajstić information content (AvgIpc) is 2.43. The van der Waals surface area contributed by atoms with Gasteiger partial charge in [-0.25, -0.2) is 9.78 Å². The largest absolute Gasteiger partial charge is 0.462 e. The smallest absolute Gasteiger partial charge is 0.433 e. The summed E-state index contributed by atoms with van der Waals surface area (Å²) in [5, 5.41) is 0. The number of hydrogen-bond acceptors (Lipinski definition) is 5. The van der Waals surface area contributed by atoms with Gasteiger partial charge in [-0.2, -0.15) is 13.2 Å². The summed E-state index contributed by atoms with van der Waals surface area (Å²) in [6, 6.07) is 0.752. The molecule has 23 heavy (non-hydrogen) atoms. The maximum absolute atomic E-state index is 12.9. The van der Waals surface area contributed by atoms with Crippen LogP contribution in [0.2, 0.25) is 0 Å². The minimum atomic E-state index is -4.68. The number of carbonyl (C=O) groups excluding carboxylic acids is 2. The monoisotopic (exact) mass is 333 g/mol. The molecule has 0 saturated carbocycles. The van der Waals surface area contributed by atoms with Crippen molar-refractivity contribution in [2.24, 2.45) is 5.92 Å². The van der Waals surface area contributed by atoms with Crippen molar-refractivity contribution in [3.8, 4) is 0 Å². The summed E-state index contributed by atoms with van der Waals surface area (Å²) < 4.78 is 43.4. The molecule has 1 heterocycles. The van der Waals surface area contributed by atoms with Crippen molar-refractivity contribution < 1.29 is 27.5 Å². The number of alkyl halides is 3. The minimum absolute atomic E-state index is 0.0343. The lowest BCUT2D eigenvalue weighted by molar-refractivity contribution is -0.141. The van der Waals surface area contributed by atoms with E-state index in [1.54, 1.807) is 20.8 Å². The molecule has 0 aliphatic carbocycles. The molecule has 2 N–H and O–H groups in total. The summed E-state index contributed by atoms with van der Waals surface area (Å²) in [5.74, 6) is -2.10. The van der Waals surface area contributed by atoms with Crippen LogP contribution in [0, 0.1) is 12.8 Å². The van der Waals surface area contributed by atoms with Crippen molar-refractivity contribution in [2.45, 2.75) is 33.9 Å². The van der Waals surface area contributed by atoms with E-state index in [-0.39, 0.29) is 17.7 Å². The van der Waals surface area contributed by atoms with Gasteiger partial charge in [0.05, 0.1) is 6.61 Å². The van der Waals surface area contributed by atoms with E-state index < -0.39 is 35.5 Å². The Morgan fingerprint density at radius 1 is 1.35 bits per heavy atom. The van der Waals surface area contributed by atoms with Crippen LogP contribution in [0.25, 0.3) is 0 Å². The minimum Gasteiger partial charge on any atom is -0.462 e. The van der Waals surface area contributed by atoms with Gasteiger partial charge in [-0.05, 0) is 25.5 Å². The molecule has 0 spiro atoms. The fourth-order valence-corrected chi connectivity index (χ4v) is 1.63. The third-order valence-corrected chi connectivity index (χ3v) is 2.82. The highest BCUT2D eigenvalue weighted by Crippen LogP contribution is 2.31. The summed E-state index contributed by atoms with van der Waals surface area (Å²) in [6.07, 6.45) is -4.68. The topological polar surface area (TPSA) is 80.3 Å². The summed E-state index contributed by atoms with van der Waals surface area (Å²) in [6.45, 7) is 6.16. The Labute approximate surface area is 131 Å². The van der Waals surface area contributed by atoms with Gasteiger partial charge in [-0.15, -0.1) is 0 Å². The Balaban J connectivity index is 3.27. The first kappa shape index (κ1) is 18.7. The maximum Gasteiger partial charge on any atom is 0.433 e. The van der Waals surface area contributed by atoms with E-state index in [0.717, 1.165) is 6.07 Å². The van der Waals surface area contributed by atoms with Gasteiger partial charge in [-0.1, -0.05) is 13.8 Å². The third kappa shape index (κ3) is 4.83. The molecule has 128 valence electrons. The lowest BCUT2D eigenvalue weighted by Gasteiger charge is -2.17. The third-order valence-electron chi connectivity index (χ3n) is 2.82. The fraction of sp³-hybridized carbons (Fsp3) is 0.500. The second-order valence-electron chi connectivity index (χ2n) is 5.04. The van der Waals surface area contributed by atoms with Gasteiger partial charge in [0.1, 0.15) is 11.3 Å². The molecule has 1 amide bonds.